The second-order valence-electron chi connectivity index (χ2n) is 10.4. The SMILES string of the molecule is NC(=O)[C@@H]1CCCN1CC1CC(n2cc(-c3cccc(OCC4CCCO4)c3)c3c(N)ncnc32)C1. The van der Waals surface area contributed by atoms with Crippen LogP contribution in [-0.2, 0) is 9.53 Å². The Labute approximate surface area is 210 Å². The molecule has 9 heteroatoms. The Kier molecular flexibility index (Phi) is 6.27. The molecule has 36 heavy (non-hydrogen) atoms. The number of hydrogen-bond acceptors (Lipinski definition) is 7. The Balaban J connectivity index is 1.21. The van der Waals surface area contributed by atoms with Crippen LogP contribution >= 0.6 is 0 Å². The molecule has 4 heterocycles. The smallest absolute Gasteiger partial charge is 0.234 e. The van der Waals surface area contributed by atoms with Gasteiger partial charge in [0.2, 0.25) is 5.91 Å². The first-order chi connectivity index (χ1) is 17.6. The van der Waals surface area contributed by atoms with Gasteiger partial charge in [-0.25, -0.2) is 9.97 Å². The fourth-order valence-electron chi connectivity index (χ4n) is 6.10. The summed E-state index contributed by atoms with van der Waals surface area (Å²) in [4.78, 5) is 22.9. The van der Waals surface area contributed by atoms with Crippen molar-refractivity contribution >= 4 is 22.8 Å². The van der Waals surface area contributed by atoms with Crippen LogP contribution in [0.3, 0.4) is 0 Å². The molecule has 1 saturated carbocycles. The van der Waals surface area contributed by atoms with Crippen LogP contribution in [0.5, 0.6) is 5.75 Å². The number of nitrogens with two attached hydrogens (primary N) is 2. The molecule has 1 amide bonds. The number of carbonyl (C=O) groups excluding carboxylic acids is 1. The van der Waals surface area contributed by atoms with Crippen molar-refractivity contribution in [3.63, 3.8) is 0 Å². The minimum Gasteiger partial charge on any atom is -0.491 e. The molecule has 9 nitrogen and oxygen atoms in total. The van der Waals surface area contributed by atoms with Gasteiger partial charge in [-0.3, -0.25) is 9.69 Å². The van der Waals surface area contributed by atoms with E-state index < -0.39 is 0 Å². The van der Waals surface area contributed by atoms with E-state index in [2.05, 4.69) is 37.8 Å². The van der Waals surface area contributed by atoms with Crippen LogP contribution < -0.4 is 16.2 Å². The first kappa shape index (κ1) is 23.2. The Morgan fingerprint density at radius 3 is 2.89 bits per heavy atom. The molecule has 0 spiro atoms. The van der Waals surface area contributed by atoms with Crippen LogP contribution in [0.15, 0.2) is 36.8 Å². The number of fused-ring (bicyclic) bond motifs is 1. The first-order valence-corrected chi connectivity index (χ1v) is 13.1. The van der Waals surface area contributed by atoms with E-state index >= 15 is 0 Å². The van der Waals surface area contributed by atoms with Crippen molar-refractivity contribution in [2.45, 2.75) is 56.7 Å². The molecular formula is C27H34N6O3. The van der Waals surface area contributed by atoms with Crippen molar-refractivity contribution in [2.75, 3.05) is 32.0 Å². The van der Waals surface area contributed by atoms with Gasteiger partial charge in [0.1, 0.15) is 30.1 Å². The lowest BCUT2D eigenvalue weighted by Gasteiger charge is -2.39. The van der Waals surface area contributed by atoms with Crippen LogP contribution in [0.25, 0.3) is 22.2 Å². The summed E-state index contributed by atoms with van der Waals surface area (Å²) in [5.74, 6) is 1.65. The predicted octanol–water partition coefficient (Wildman–Crippen LogP) is 3.14. The van der Waals surface area contributed by atoms with E-state index in [1.54, 1.807) is 0 Å². The highest BCUT2D eigenvalue weighted by molar-refractivity contribution is 6.00. The second kappa shape index (κ2) is 9.71. The maximum atomic E-state index is 11.8. The molecule has 3 aliphatic rings. The molecule has 190 valence electrons. The van der Waals surface area contributed by atoms with E-state index in [1.807, 2.05) is 12.1 Å². The average molecular weight is 491 g/mol. The molecule has 2 atom stereocenters. The summed E-state index contributed by atoms with van der Waals surface area (Å²) in [7, 11) is 0. The summed E-state index contributed by atoms with van der Waals surface area (Å²) in [5, 5.41) is 0.880. The van der Waals surface area contributed by atoms with E-state index in [0.29, 0.717) is 24.4 Å². The molecule has 4 N–H and O–H groups in total. The fourth-order valence-corrected chi connectivity index (χ4v) is 6.10. The number of ether oxygens (including phenoxy) is 2. The predicted molar refractivity (Wildman–Crippen MR) is 137 cm³/mol. The number of likely N-dealkylation sites (tertiary alicyclic amines) is 1. The normalized spacial score (nSPS) is 26.3. The van der Waals surface area contributed by atoms with Gasteiger partial charge in [-0.1, -0.05) is 12.1 Å². The molecule has 3 fully saturated rings. The standard InChI is InChI=1S/C27H34N6O3/c28-25-24-22(18-4-1-5-20(12-18)36-15-21-6-3-9-35-21)14-33(27(24)31-16-30-25)19-10-17(11-19)13-32-8-2-7-23(32)26(29)34/h1,4-5,12,14,16-17,19,21,23H,2-3,6-11,13,15H2,(H2,29,34)(H2,28,30,31)/t17?,19?,21?,23-/m0/s1. The molecule has 2 saturated heterocycles. The highest BCUT2D eigenvalue weighted by atomic mass is 16.5. The lowest BCUT2D eigenvalue weighted by molar-refractivity contribution is -0.122. The zero-order valence-corrected chi connectivity index (χ0v) is 20.5. The average Bonchev–Trinajstić information content (AvgIpc) is 3.60. The number of rotatable bonds is 8. The maximum absolute atomic E-state index is 11.8. The highest BCUT2D eigenvalue weighted by Crippen LogP contribution is 2.44. The minimum absolute atomic E-state index is 0.106. The molecule has 6 rings (SSSR count). The lowest BCUT2D eigenvalue weighted by Crippen LogP contribution is -2.44. The molecule has 2 aliphatic heterocycles. The minimum atomic E-state index is -0.196. The molecular weight excluding hydrogens is 456 g/mol. The summed E-state index contributed by atoms with van der Waals surface area (Å²) in [6.45, 7) is 3.27. The number of nitrogen functional groups attached to an aromatic ring is 1. The number of benzene rings is 1. The van der Waals surface area contributed by atoms with Crippen LogP contribution in [0.4, 0.5) is 5.82 Å². The zero-order chi connectivity index (χ0) is 24.6. The number of primary amides is 1. The Morgan fingerprint density at radius 2 is 2.08 bits per heavy atom. The van der Waals surface area contributed by atoms with Crippen molar-refractivity contribution in [2.24, 2.45) is 11.7 Å². The number of aromatic nitrogens is 3. The summed E-state index contributed by atoms with van der Waals surface area (Å²) in [6.07, 6.45) is 10.0. The first-order valence-electron chi connectivity index (χ1n) is 13.1. The lowest BCUT2D eigenvalue weighted by atomic mass is 9.79. The summed E-state index contributed by atoms with van der Waals surface area (Å²) in [6, 6.07) is 8.35. The number of amides is 1. The van der Waals surface area contributed by atoms with Crippen LogP contribution in [0.1, 0.15) is 44.6 Å². The number of nitrogens with zero attached hydrogens (tertiary/aromatic N) is 4. The Bertz CT molecular complexity index is 1250. The van der Waals surface area contributed by atoms with Crippen molar-refractivity contribution < 1.29 is 14.3 Å². The van der Waals surface area contributed by atoms with E-state index in [9.17, 15) is 4.79 Å². The van der Waals surface area contributed by atoms with E-state index in [0.717, 1.165) is 86.1 Å². The van der Waals surface area contributed by atoms with Crippen LogP contribution in [0, 0.1) is 5.92 Å². The monoisotopic (exact) mass is 490 g/mol. The molecule has 2 aromatic heterocycles. The van der Waals surface area contributed by atoms with Gasteiger partial charge in [0.25, 0.3) is 0 Å². The molecule has 0 radical (unpaired) electrons. The van der Waals surface area contributed by atoms with Crippen molar-refractivity contribution in [1.29, 1.82) is 0 Å². The van der Waals surface area contributed by atoms with Gasteiger partial charge in [0, 0.05) is 31.0 Å². The number of anilines is 1. The Hall–Kier alpha value is -3.17. The van der Waals surface area contributed by atoms with Crippen molar-refractivity contribution in [1.82, 2.24) is 19.4 Å². The third-order valence-corrected chi connectivity index (χ3v) is 8.03. The van der Waals surface area contributed by atoms with E-state index in [1.165, 1.54) is 6.33 Å². The largest absolute Gasteiger partial charge is 0.491 e. The number of carbonyl (C=O) groups is 1. The fraction of sp³-hybridized carbons (Fsp3) is 0.519. The van der Waals surface area contributed by atoms with Crippen LogP contribution in [-0.4, -0.2) is 63.8 Å². The molecule has 1 unspecified atom stereocenters. The third-order valence-electron chi connectivity index (χ3n) is 8.03. The molecule has 1 aromatic carbocycles. The summed E-state index contributed by atoms with van der Waals surface area (Å²) < 4.78 is 14.0. The topological polar surface area (TPSA) is 122 Å². The zero-order valence-electron chi connectivity index (χ0n) is 20.5. The number of hydrogen-bond donors (Lipinski definition) is 2. The molecule has 1 aliphatic carbocycles. The maximum Gasteiger partial charge on any atom is 0.234 e. The summed E-state index contributed by atoms with van der Waals surface area (Å²) in [5.41, 5.74) is 14.9. The third kappa shape index (κ3) is 4.41. The second-order valence-corrected chi connectivity index (χ2v) is 10.4. The summed E-state index contributed by atoms with van der Waals surface area (Å²) >= 11 is 0. The van der Waals surface area contributed by atoms with E-state index in [4.69, 9.17) is 20.9 Å². The van der Waals surface area contributed by atoms with Crippen LogP contribution in [0.2, 0.25) is 0 Å². The van der Waals surface area contributed by atoms with Gasteiger partial charge in [-0.05, 0) is 68.7 Å². The van der Waals surface area contributed by atoms with Gasteiger partial charge in [0.15, 0.2) is 0 Å². The van der Waals surface area contributed by atoms with Gasteiger partial charge >= 0.3 is 0 Å². The quantitative estimate of drug-likeness (QED) is 0.497. The molecule has 3 aromatic rings. The Morgan fingerprint density at radius 1 is 1.19 bits per heavy atom. The van der Waals surface area contributed by atoms with Gasteiger partial charge < -0.3 is 25.5 Å². The molecule has 0 bridgehead atoms. The van der Waals surface area contributed by atoms with Gasteiger partial charge in [0.05, 0.1) is 17.5 Å². The van der Waals surface area contributed by atoms with Gasteiger partial charge in [-0.15, -0.1) is 0 Å². The van der Waals surface area contributed by atoms with Crippen molar-refractivity contribution in [3.05, 3.63) is 36.8 Å². The van der Waals surface area contributed by atoms with Crippen molar-refractivity contribution in [3.8, 4) is 16.9 Å². The van der Waals surface area contributed by atoms with E-state index in [-0.39, 0.29) is 18.1 Å². The highest BCUT2D eigenvalue weighted by Gasteiger charge is 2.37. The van der Waals surface area contributed by atoms with Gasteiger partial charge in [-0.2, -0.15) is 0 Å².